The molecule has 3 rings (SSSR count). The maximum absolute atomic E-state index is 13.4. The van der Waals surface area contributed by atoms with Gasteiger partial charge in [0.1, 0.15) is 5.82 Å². The molecule has 18 heavy (non-hydrogen) atoms. The minimum absolute atomic E-state index is 0.224. The van der Waals surface area contributed by atoms with Gasteiger partial charge in [0.25, 0.3) is 0 Å². The maximum Gasteiger partial charge on any atom is 0.125 e. The van der Waals surface area contributed by atoms with Crippen LogP contribution in [0.2, 0.25) is 0 Å². The smallest absolute Gasteiger partial charge is 0.125 e. The van der Waals surface area contributed by atoms with Crippen molar-refractivity contribution in [1.82, 2.24) is 0 Å². The van der Waals surface area contributed by atoms with Crippen molar-refractivity contribution in [1.29, 1.82) is 0 Å². The summed E-state index contributed by atoms with van der Waals surface area (Å²) in [5, 5.41) is 0. The molecular formula is C14H19FN2O. The highest BCUT2D eigenvalue weighted by Gasteiger charge is 2.34. The van der Waals surface area contributed by atoms with E-state index < -0.39 is 0 Å². The molecule has 4 heteroatoms. The topological polar surface area (TPSA) is 38.5 Å². The predicted octanol–water partition coefficient (Wildman–Crippen LogP) is 2.56. The van der Waals surface area contributed by atoms with Crippen LogP contribution in [0.1, 0.15) is 25.7 Å². The molecule has 2 unspecified atom stereocenters. The first-order valence-electron chi connectivity index (χ1n) is 6.69. The lowest BCUT2D eigenvalue weighted by atomic mass is 9.89. The number of halogens is 1. The number of anilines is 2. The largest absolute Gasteiger partial charge is 0.397 e. The summed E-state index contributed by atoms with van der Waals surface area (Å²) in [7, 11) is 0. The number of morpholine rings is 1. The number of rotatable bonds is 1. The molecule has 0 radical (unpaired) electrons. The third-order valence-corrected chi connectivity index (χ3v) is 4.03. The number of ether oxygens (including phenoxy) is 1. The van der Waals surface area contributed by atoms with E-state index in [4.69, 9.17) is 10.5 Å². The minimum atomic E-state index is -0.224. The van der Waals surface area contributed by atoms with Crippen molar-refractivity contribution in [3.05, 3.63) is 24.0 Å². The van der Waals surface area contributed by atoms with E-state index in [9.17, 15) is 4.39 Å². The molecule has 2 N–H and O–H groups in total. The molecule has 0 amide bonds. The maximum atomic E-state index is 13.4. The van der Waals surface area contributed by atoms with E-state index in [0.29, 0.717) is 18.3 Å². The Hall–Kier alpha value is -1.29. The fraction of sp³-hybridized carbons (Fsp3) is 0.571. The monoisotopic (exact) mass is 250 g/mol. The van der Waals surface area contributed by atoms with Crippen LogP contribution in [-0.4, -0.2) is 25.3 Å². The zero-order valence-corrected chi connectivity index (χ0v) is 10.4. The second-order valence-electron chi connectivity index (χ2n) is 5.16. The molecule has 1 saturated carbocycles. The van der Waals surface area contributed by atoms with Gasteiger partial charge in [-0.25, -0.2) is 4.39 Å². The first-order valence-corrected chi connectivity index (χ1v) is 6.69. The van der Waals surface area contributed by atoms with Crippen molar-refractivity contribution in [2.24, 2.45) is 0 Å². The van der Waals surface area contributed by atoms with Crippen LogP contribution in [-0.2, 0) is 4.74 Å². The Bertz CT molecular complexity index is 436. The normalized spacial score (nSPS) is 27.9. The Morgan fingerprint density at radius 2 is 2.11 bits per heavy atom. The molecule has 0 aromatic heterocycles. The van der Waals surface area contributed by atoms with E-state index in [-0.39, 0.29) is 11.9 Å². The van der Waals surface area contributed by atoms with Gasteiger partial charge in [0.2, 0.25) is 0 Å². The second-order valence-corrected chi connectivity index (χ2v) is 5.16. The number of hydrogen-bond donors (Lipinski definition) is 1. The van der Waals surface area contributed by atoms with Gasteiger partial charge in [-0.2, -0.15) is 0 Å². The van der Waals surface area contributed by atoms with Crippen molar-refractivity contribution in [2.75, 3.05) is 23.8 Å². The van der Waals surface area contributed by atoms with Crippen LogP contribution in [0.5, 0.6) is 0 Å². The number of benzene rings is 1. The summed E-state index contributed by atoms with van der Waals surface area (Å²) in [5.74, 6) is -0.224. The Labute approximate surface area is 107 Å². The summed E-state index contributed by atoms with van der Waals surface area (Å²) in [6.07, 6.45) is 4.95. The number of nitrogens with zero attached hydrogens (tertiary/aromatic N) is 1. The summed E-state index contributed by atoms with van der Waals surface area (Å²) in [5.41, 5.74) is 7.48. The number of nitrogen functional groups attached to an aromatic ring is 1. The second kappa shape index (κ2) is 4.76. The van der Waals surface area contributed by atoms with Crippen LogP contribution in [0.15, 0.2) is 18.2 Å². The van der Waals surface area contributed by atoms with E-state index in [1.165, 1.54) is 18.9 Å². The van der Waals surface area contributed by atoms with Gasteiger partial charge in [0.05, 0.1) is 30.1 Å². The lowest BCUT2D eigenvalue weighted by Crippen LogP contribution is -2.53. The van der Waals surface area contributed by atoms with Gasteiger partial charge in [0, 0.05) is 6.54 Å². The number of fused-ring (bicyclic) bond motifs is 1. The first kappa shape index (κ1) is 11.8. The molecule has 0 bridgehead atoms. The van der Waals surface area contributed by atoms with Gasteiger partial charge in [-0.15, -0.1) is 0 Å². The van der Waals surface area contributed by atoms with Crippen LogP contribution in [0.25, 0.3) is 0 Å². The van der Waals surface area contributed by atoms with Crippen molar-refractivity contribution in [3.8, 4) is 0 Å². The summed E-state index contributed by atoms with van der Waals surface area (Å²) < 4.78 is 19.2. The highest BCUT2D eigenvalue weighted by atomic mass is 19.1. The average molecular weight is 250 g/mol. The number of hydrogen-bond acceptors (Lipinski definition) is 3. The SMILES string of the molecule is Nc1ccc(F)cc1N1CCOC2CCCCC21. The molecule has 2 aliphatic rings. The minimum Gasteiger partial charge on any atom is -0.397 e. The third-order valence-electron chi connectivity index (χ3n) is 4.03. The van der Waals surface area contributed by atoms with Crippen LogP contribution >= 0.6 is 0 Å². The van der Waals surface area contributed by atoms with E-state index in [1.807, 2.05) is 0 Å². The van der Waals surface area contributed by atoms with Gasteiger partial charge in [-0.05, 0) is 31.0 Å². The van der Waals surface area contributed by atoms with Crippen LogP contribution in [0.4, 0.5) is 15.8 Å². The van der Waals surface area contributed by atoms with Gasteiger partial charge in [-0.1, -0.05) is 12.8 Å². The van der Waals surface area contributed by atoms with Crippen molar-refractivity contribution < 1.29 is 9.13 Å². The fourth-order valence-electron chi connectivity index (χ4n) is 3.16. The summed E-state index contributed by atoms with van der Waals surface area (Å²) in [6.45, 7) is 1.51. The zero-order valence-electron chi connectivity index (χ0n) is 10.4. The lowest BCUT2D eigenvalue weighted by molar-refractivity contribution is -0.00864. The Morgan fingerprint density at radius 3 is 3.00 bits per heavy atom. The Balaban J connectivity index is 1.91. The van der Waals surface area contributed by atoms with E-state index >= 15 is 0 Å². The molecule has 98 valence electrons. The van der Waals surface area contributed by atoms with E-state index in [1.54, 1.807) is 12.1 Å². The average Bonchev–Trinajstić information content (AvgIpc) is 2.41. The van der Waals surface area contributed by atoms with Gasteiger partial charge < -0.3 is 15.4 Å². The zero-order chi connectivity index (χ0) is 12.5. The van der Waals surface area contributed by atoms with E-state index in [0.717, 1.165) is 25.1 Å². The molecule has 1 aliphatic carbocycles. The molecule has 1 heterocycles. The number of nitrogens with two attached hydrogens (primary N) is 1. The highest BCUT2D eigenvalue weighted by Crippen LogP contribution is 2.34. The predicted molar refractivity (Wildman–Crippen MR) is 70.2 cm³/mol. The van der Waals surface area contributed by atoms with Crippen molar-refractivity contribution >= 4 is 11.4 Å². The summed E-state index contributed by atoms with van der Waals surface area (Å²) in [4.78, 5) is 2.24. The molecule has 3 nitrogen and oxygen atoms in total. The van der Waals surface area contributed by atoms with Crippen LogP contribution in [0.3, 0.4) is 0 Å². The Morgan fingerprint density at radius 1 is 1.28 bits per heavy atom. The first-order chi connectivity index (χ1) is 8.75. The van der Waals surface area contributed by atoms with Crippen LogP contribution in [0, 0.1) is 5.82 Å². The molecule has 1 aromatic rings. The fourth-order valence-corrected chi connectivity index (χ4v) is 3.16. The van der Waals surface area contributed by atoms with Crippen molar-refractivity contribution in [3.63, 3.8) is 0 Å². The molecule has 0 spiro atoms. The lowest BCUT2D eigenvalue weighted by Gasteiger charge is -2.45. The summed E-state index contributed by atoms with van der Waals surface area (Å²) in [6, 6.07) is 4.97. The Kier molecular flexibility index (Phi) is 3.12. The quantitative estimate of drug-likeness (QED) is 0.778. The molecule has 1 saturated heterocycles. The molecule has 2 atom stereocenters. The van der Waals surface area contributed by atoms with Gasteiger partial charge in [0.15, 0.2) is 0 Å². The van der Waals surface area contributed by atoms with Gasteiger partial charge in [-0.3, -0.25) is 0 Å². The molecule has 2 fully saturated rings. The third kappa shape index (κ3) is 2.05. The molecular weight excluding hydrogens is 231 g/mol. The highest BCUT2D eigenvalue weighted by molar-refractivity contribution is 5.68. The standard InChI is InChI=1S/C14H19FN2O/c15-10-5-6-11(16)13(9-10)17-7-8-18-14-4-2-1-3-12(14)17/h5-6,9,12,14H,1-4,7-8,16H2. The van der Waals surface area contributed by atoms with Crippen LogP contribution < -0.4 is 10.6 Å². The van der Waals surface area contributed by atoms with Gasteiger partial charge >= 0.3 is 0 Å². The van der Waals surface area contributed by atoms with E-state index in [2.05, 4.69) is 4.90 Å². The molecule has 1 aliphatic heterocycles. The van der Waals surface area contributed by atoms with Crippen molar-refractivity contribution in [2.45, 2.75) is 37.8 Å². The summed E-state index contributed by atoms with van der Waals surface area (Å²) >= 11 is 0. The molecule has 1 aromatic carbocycles.